The van der Waals surface area contributed by atoms with E-state index in [9.17, 15) is 4.79 Å². The Hall–Kier alpha value is -1.75. The fraction of sp³-hybridized carbons (Fsp3) is 0.417. The molecule has 0 radical (unpaired) electrons. The molecule has 2 N–H and O–H groups in total. The van der Waals surface area contributed by atoms with Crippen molar-refractivity contribution < 1.29 is 19.4 Å². The lowest BCUT2D eigenvalue weighted by Gasteiger charge is -2.12. The van der Waals surface area contributed by atoms with E-state index in [-0.39, 0.29) is 12.5 Å². The summed E-state index contributed by atoms with van der Waals surface area (Å²) < 4.78 is 10.5. The molecular weight excluding hydrogens is 222 g/mol. The lowest BCUT2D eigenvalue weighted by molar-refractivity contribution is 0.0962. The molecule has 1 aromatic carbocycles. The molecule has 0 spiro atoms. The van der Waals surface area contributed by atoms with Gasteiger partial charge in [-0.15, -0.1) is 0 Å². The molecule has 0 fully saturated rings. The van der Waals surface area contributed by atoms with Gasteiger partial charge in [0.15, 0.2) is 11.5 Å². The first-order valence-corrected chi connectivity index (χ1v) is 5.29. The zero-order valence-electron chi connectivity index (χ0n) is 10.2. The Balaban J connectivity index is 2.89. The third-order valence-electron chi connectivity index (χ3n) is 2.13. The van der Waals surface area contributed by atoms with Crippen molar-refractivity contribution in [2.45, 2.75) is 13.0 Å². The summed E-state index contributed by atoms with van der Waals surface area (Å²) in [5, 5.41) is 11.7. The van der Waals surface area contributed by atoms with Gasteiger partial charge in [-0.05, 0) is 25.1 Å². The van der Waals surface area contributed by atoms with Gasteiger partial charge < -0.3 is 19.9 Å². The van der Waals surface area contributed by atoms with Gasteiger partial charge >= 0.3 is 0 Å². The van der Waals surface area contributed by atoms with Crippen molar-refractivity contribution in [3.8, 4) is 11.5 Å². The Bertz CT molecular complexity index is 390. The minimum atomic E-state index is -0.557. The van der Waals surface area contributed by atoms with Crippen molar-refractivity contribution in [2.75, 3.05) is 20.8 Å². The van der Waals surface area contributed by atoms with Gasteiger partial charge in [0, 0.05) is 12.6 Å². The van der Waals surface area contributed by atoms with Gasteiger partial charge in [0.1, 0.15) is 6.61 Å². The maximum absolute atomic E-state index is 11.4. The van der Waals surface area contributed by atoms with E-state index in [4.69, 9.17) is 14.6 Å². The molecule has 94 valence electrons. The number of benzene rings is 1. The maximum atomic E-state index is 11.4. The van der Waals surface area contributed by atoms with Crippen LogP contribution < -0.4 is 14.8 Å². The Morgan fingerprint density at radius 3 is 2.71 bits per heavy atom. The van der Waals surface area contributed by atoms with Crippen LogP contribution in [0.1, 0.15) is 17.3 Å². The molecule has 0 aliphatic heterocycles. The second kappa shape index (κ2) is 6.10. The molecule has 1 aromatic rings. The fourth-order valence-electron chi connectivity index (χ4n) is 1.28. The van der Waals surface area contributed by atoms with Crippen molar-refractivity contribution in [3.05, 3.63) is 23.8 Å². The molecular formula is C12H17NO4. The predicted molar refractivity (Wildman–Crippen MR) is 63.6 cm³/mol. The smallest absolute Gasteiger partial charge is 0.251 e. The topological polar surface area (TPSA) is 67.8 Å². The minimum Gasteiger partial charge on any atom is -0.493 e. The van der Waals surface area contributed by atoms with Crippen LogP contribution in [0.4, 0.5) is 0 Å². The normalized spacial score (nSPS) is 11.8. The van der Waals surface area contributed by atoms with Crippen molar-refractivity contribution in [1.82, 2.24) is 5.32 Å². The van der Waals surface area contributed by atoms with Gasteiger partial charge in [0.25, 0.3) is 5.91 Å². The molecule has 0 aliphatic carbocycles. The first-order valence-electron chi connectivity index (χ1n) is 5.29. The Labute approximate surface area is 100 Å². The standard InChI is InChI=1S/C12H17NO4/c1-8(14)7-17-10-5-4-9(12(15)13-2)6-11(10)16-3/h4-6,8,14H,7H2,1-3H3,(H,13,15)/t8-/m1/s1. The minimum absolute atomic E-state index is 0.176. The van der Waals surface area contributed by atoms with Gasteiger partial charge in [0.05, 0.1) is 13.2 Å². The second-order valence-corrected chi connectivity index (χ2v) is 3.60. The average molecular weight is 239 g/mol. The number of aliphatic hydroxyl groups excluding tert-OH is 1. The molecule has 0 saturated carbocycles. The summed E-state index contributed by atoms with van der Waals surface area (Å²) in [6.45, 7) is 1.81. The maximum Gasteiger partial charge on any atom is 0.251 e. The quantitative estimate of drug-likeness (QED) is 0.798. The van der Waals surface area contributed by atoms with Crippen molar-refractivity contribution in [2.24, 2.45) is 0 Å². The molecule has 0 unspecified atom stereocenters. The van der Waals surface area contributed by atoms with E-state index in [2.05, 4.69) is 5.32 Å². The summed E-state index contributed by atoms with van der Waals surface area (Å²) in [5.74, 6) is 0.776. The van der Waals surface area contributed by atoms with Gasteiger partial charge in [0.2, 0.25) is 0 Å². The highest BCUT2D eigenvalue weighted by Gasteiger charge is 2.10. The fourth-order valence-corrected chi connectivity index (χ4v) is 1.28. The summed E-state index contributed by atoms with van der Waals surface area (Å²) in [6.07, 6.45) is -0.557. The van der Waals surface area contributed by atoms with Crippen LogP contribution in [-0.2, 0) is 0 Å². The third-order valence-corrected chi connectivity index (χ3v) is 2.13. The van der Waals surface area contributed by atoms with Crippen LogP contribution in [-0.4, -0.2) is 37.9 Å². The summed E-state index contributed by atoms with van der Waals surface area (Å²) in [7, 11) is 3.06. The van der Waals surface area contributed by atoms with Crippen LogP contribution in [0.25, 0.3) is 0 Å². The molecule has 5 heteroatoms. The Morgan fingerprint density at radius 2 is 2.18 bits per heavy atom. The third kappa shape index (κ3) is 3.64. The van der Waals surface area contributed by atoms with Crippen molar-refractivity contribution in [3.63, 3.8) is 0 Å². The van der Waals surface area contributed by atoms with E-state index in [0.29, 0.717) is 17.1 Å². The van der Waals surface area contributed by atoms with E-state index in [1.807, 2.05) is 0 Å². The molecule has 0 aliphatic rings. The number of hydrogen-bond acceptors (Lipinski definition) is 4. The number of amides is 1. The number of nitrogens with one attached hydrogen (secondary N) is 1. The van der Waals surface area contributed by atoms with Gasteiger partial charge in [-0.3, -0.25) is 4.79 Å². The Kier molecular flexibility index (Phi) is 4.78. The lowest BCUT2D eigenvalue weighted by Crippen LogP contribution is -2.18. The highest BCUT2D eigenvalue weighted by Crippen LogP contribution is 2.28. The number of rotatable bonds is 5. The van der Waals surface area contributed by atoms with Gasteiger partial charge in [-0.2, -0.15) is 0 Å². The highest BCUT2D eigenvalue weighted by atomic mass is 16.5. The van der Waals surface area contributed by atoms with Crippen molar-refractivity contribution >= 4 is 5.91 Å². The summed E-state index contributed by atoms with van der Waals surface area (Å²) in [4.78, 5) is 11.4. The largest absolute Gasteiger partial charge is 0.493 e. The first kappa shape index (κ1) is 13.3. The summed E-state index contributed by atoms with van der Waals surface area (Å²) in [6, 6.07) is 4.88. The van der Waals surface area contributed by atoms with Gasteiger partial charge in [-0.1, -0.05) is 0 Å². The van der Waals surface area contributed by atoms with Gasteiger partial charge in [-0.25, -0.2) is 0 Å². The molecule has 1 atom stereocenters. The number of carbonyl (C=O) groups is 1. The van der Waals surface area contributed by atoms with Crippen LogP contribution in [0.3, 0.4) is 0 Å². The number of aliphatic hydroxyl groups is 1. The van der Waals surface area contributed by atoms with Crippen molar-refractivity contribution in [1.29, 1.82) is 0 Å². The van der Waals surface area contributed by atoms with Crippen LogP contribution in [0.15, 0.2) is 18.2 Å². The molecule has 0 saturated heterocycles. The molecule has 1 amide bonds. The number of ether oxygens (including phenoxy) is 2. The summed E-state index contributed by atoms with van der Waals surface area (Å²) in [5.41, 5.74) is 0.494. The zero-order valence-corrected chi connectivity index (χ0v) is 10.2. The molecule has 17 heavy (non-hydrogen) atoms. The molecule has 5 nitrogen and oxygen atoms in total. The second-order valence-electron chi connectivity index (χ2n) is 3.60. The molecule has 1 rings (SSSR count). The van der Waals surface area contributed by atoms with Crippen LogP contribution in [0.5, 0.6) is 11.5 Å². The van der Waals surface area contributed by atoms with E-state index in [0.717, 1.165) is 0 Å². The monoisotopic (exact) mass is 239 g/mol. The first-order chi connectivity index (χ1) is 8.08. The molecule has 0 bridgehead atoms. The molecule has 0 aromatic heterocycles. The predicted octanol–water partition coefficient (Wildman–Crippen LogP) is 0.814. The lowest BCUT2D eigenvalue weighted by atomic mass is 10.2. The number of methoxy groups -OCH3 is 1. The van der Waals surface area contributed by atoms with Crippen LogP contribution in [0, 0.1) is 0 Å². The summed E-state index contributed by atoms with van der Waals surface area (Å²) >= 11 is 0. The van der Waals surface area contributed by atoms with Crippen LogP contribution >= 0.6 is 0 Å². The van der Waals surface area contributed by atoms with E-state index in [1.54, 1.807) is 32.2 Å². The SMILES string of the molecule is CNC(=O)c1ccc(OC[C@@H](C)O)c(OC)c1. The van der Waals surface area contributed by atoms with Crippen LogP contribution in [0.2, 0.25) is 0 Å². The van der Waals surface area contributed by atoms with E-state index < -0.39 is 6.10 Å². The highest BCUT2D eigenvalue weighted by molar-refractivity contribution is 5.94. The molecule has 0 heterocycles. The van der Waals surface area contributed by atoms with E-state index >= 15 is 0 Å². The zero-order chi connectivity index (χ0) is 12.8. The number of hydrogen-bond donors (Lipinski definition) is 2. The number of carbonyl (C=O) groups excluding carboxylic acids is 1. The Morgan fingerprint density at radius 1 is 1.47 bits per heavy atom. The van der Waals surface area contributed by atoms with E-state index in [1.165, 1.54) is 7.11 Å². The average Bonchev–Trinajstić information content (AvgIpc) is 2.34.